The van der Waals surface area contributed by atoms with Crippen molar-refractivity contribution in [1.29, 1.82) is 0 Å². The molecule has 0 amide bonds. The summed E-state index contributed by atoms with van der Waals surface area (Å²) >= 11 is 0. The summed E-state index contributed by atoms with van der Waals surface area (Å²) in [5.41, 5.74) is 18.7. The van der Waals surface area contributed by atoms with Gasteiger partial charge in [-0.2, -0.15) is 0 Å². The average Bonchev–Trinajstić information content (AvgIpc) is 3.44. The van der Waals surface area contributed by atoms with Crippen LogP contribution in [0.15, 0.2) is 277 Å². The molecule has 0 radical (unpaired) electrons. The van der Waals surface area contributed by atoms with Gasteiger partial charge >= 0.3 is 0 Å². The van der Waals surface area contributed by atoms with Gasteiger partial charge in [0.25, 0.3) is 0 Å². The molecular weight excluding hydrogens is 875 g/mol. The number of hydrogen-bond donors (Lipinski definition) is 3. The molecule has 72 heavy (non-hydrogen) atoms. The second-order valence-corrected chi connectivity index (χ2v) is 17.8. The SMILES string of the molecule is C(=Nc1ccc(Cc2ccccc2)cc1)c1ccc(C=Nc2ccc(Nc3ccccc3)cc2)cc1.c1ccc(Cc2ccc(NCc3ccc(CCc4ccc(Nc5ccccc5)cc4)cc3)cc2)cc1. The maximum Gasteiger partial charge on any atom is 0.0631 e. The Morgan fingerprint density at radius 1 is 0.264 bits per heavy atom. The van der Waals surface area contributed by atoms with E-state index in [1.165, 1.54) is 38.9 Å². The molecule has 0 aromatic heterocycles. The third kappa shape index (κ3) is 15.5. The third-order valence-corrected chi connectivity index (χ3v) is 12.2. The maximum atomic E-state index is 4.62. The number of aryl methyl sites for hydroxylation is 2. The molecule has 0 saturated heterocycles. The van der Waals surface area contributed by atoms with E-state index in [0.29, 0.717) is 0 Å². The molecule has 0 heterocycles. The van der Waals surface area contributed by atoms with Gasteiger partial charge < -0.3 is 16.0 Å². The molecule has 5 nitrogen and oxygen atoms in total. The standard InChI is InChI=1S/C34H32N2.C33H27N3/c1-3-7-29(8-4-1)25-30-19-21-32(22-20-30)35-26-31-15-13-27(14-16-31)11-12-28-17-23-34(24-18-28)36-33-9-5-2-6-10-33;1-3-7-26(8-4-1)23-27-15-17-30(18-16-27)34-24-28-11-13-29(14-12-28)25-35-31-19-21-33(22-20-31)36-32-9-5-2-6-10-32/h1-10,13-24,35-36H,11-12,25-26H2;1-22,24-25,36H,23H2. The van der Waals surface area contributed by atoms with Gasteiger partial charge in [-0.3, -0.25) is 9.98 Å². The fourth-order valence-electron chi connectivity index (χ4n) is 8.15. The molecule has 0 aliphatic rings. The first-order chi connectivity index (χ1) is 35.6. The Kier molecular flexibility index (Phi) is 17.0. The highest BCUT2D eigenvalue weighted by molar-refractivity contribution is 5.86. The predicted molar refractivity (Wildman–Crippen MR) is 306 cm³/mol. The lowest BCUT2D eigenvalue weighted by Crippen LogP contribution is -2.00. The van der Waals surface area contributed by atoms with Crippen molar-refractivity contribution in [3.8, 4) is 0 Å². The number of anilines is 5. The molecule has 3 N–H and O–H groups in total. The van der Waals surface area contributed by atoms with Crippen molar-refractivity contribution < 1.29 is 0 Å². The molecule has 5 heteroatoms. The number of para-hydroxylation sites is 2. The second-order valence-electron chi connectivity index (χ2n) is 17.8. The summed E-state index contributed by atoms with van der Waals surface area (Å²) < 4.78 is 0. The smallest absolute Gasteiger partial charge is 0.0631 e. The second kappa shape index (κ2) is 25.5. The minimum Gasteiger partial charge on any atom is -0.381 e. The van der Waals surface area contributed by atoms with E-state index in [-0.39, 0.29) is 0 Å². The lowest BCUT2D eigenvalue weighted by molar-refractivity contribution is 0.957. The highest BCUT2D eigenvalue weighted by Crippen LogP contribution is 2.22. The summed E-state index contributed by atoms with van der Waals surface area (Å²) in [6, 6.07) is 92.7. The van der Waals surface area contributed by atoms with Gasteiger partial charge in [0.2, 0.25) is 0 Å². The Bertz CT molecular complexity index is 2970. The van der Waals surface area contributed by atoms with E-state index in [4.69, 9.17) is 0 Å². The normalized spacial score (nSPS) is 10.9. The molecule has 0 fully saturated rings. The molecule has 10 aromatic rings. The first-order valence-corrected chi connectivity index (χ1v) is 24.7. The fraction of sp³-hybridized carbons (Fsp3) is 0.0746. The van der Waals surface area contributed by atoms with Crippen LogP contribution in [0, 0.1) is 0 Å². The van der Waals surface area contributed by atoms with Crippen molar-refractivity contribution in [2.24, 2.45) is 9.98 Å². The van der Waals surface area contributed by atoms with Crippen LogP contribution in [-0.2, 0) is 32.2 Å². The van der Waals surface area contributed by atoms with Gasteiger partial charge in [0.05, 0.1) is 11.4 Å². The van der Waals surface area contributed by atoms with Crippen LogP contribution in [-0.4, -0.2) is 12.4 Å². The molecule has 10 aromatic carbocycles. The van der Waals surface area contributed by atoms with Gasteiger partial charge in [0, 0.05) is 47.4 Å². The van der Waals surface area contributed by atoms with E-state index in [1.807, 2.05) is 91.3 Å². The van der Waals surface area contributed by atoms with Gasteiger partial charge in [-0.25, -0.2) is 0 Å². The number of hydrogen-bond acceptors (Lipinski definition) is 5. The molecule has 352 valence electrons. The molecule has 0 spiro atoms. The summed E-state index contributed by atoms with van der Waals surface area (Å²) in [6.07, 6.45) is 7.76. The zero-order valence-corrected chi connectivity index (χ0v) is 40.5. The number of nitrogens with zero attached hydrogens (tertiary/aromatic N) is 2. The van der Waals surface area contributed by atoms with Gasteiger partial charge in [0.15, 0.2) is 0 Å². The van der Waals surface area contributed by atoms with Crippen LogP contribution in [0.25, 0.3) is 0 Å². The number of nitrogens with one attached hydrogen (secondary N) is 3. The van der Waals surface area contributed by atoms with Crippen LogP contribution >= 0.6 is 0 Å². The van der Waals surface area contributed by atoms with Crippen LogP contribution < -0.4 is 16.0 Å². The largest absolute Gasteiger partial charge is 0.381 e. The van der Waals surface area contributed by atoms with Crippen molar-refractivity contribution in [2.75, 3.05) is 16.0 Å². The molecule has 0 aliphatic carbocycles. The summed E-state index contributed by atoms with van der Waals surface area (Å²) in [6.45, 7) is 0.828. The van der Waals surface area contributed by atoms with Gasteiger partial charge in [-0.1, -0.05) is 182 Å². The number of aliphatic imine (C=N–C) groups is 2. The van der Waals surface area contributed by atoms with Crippen molar-refractivity contribution in [3.05, 3.63) is 317 Å². The van der Waals surface area contributed by atoms with Crippen molar-refractivity contribution in [1.82, 2.24) is 0 Å². The van der Waals surface area contributed by atoms with E-state index >= 15 is 0 Å². The quantitative estimate of drug-likeness (QED) is 0.0751. The van der Waals surface area contributed by atoms with Crippen LogP contribution in [0.5, 0.6) is 0 Å². The topological polar surface area (TPSA) is 60.8 Å². The first kappa shape index (κ1) is 48.0. The summed E-state index contributed by atoms with van der Waals surface area (Å²) in [7, 11) is 0. The van der Waals surface area contributed by atoms with Crippen LogP contribution in [0.3, 0.4) is 0 Å². The minimum atomic E-state index is 0.828. The highest BCUT2D eigenvalue weighted by atomic mass is 14.9. The van der Waals surface area contributed by atoms with Crippen molar-refractivity contribution >= 4 is 52.2 Å². The summed E-state index contributed by atoms with van der Waals surface area (Å²) in [4.78, 5) is 9.22. The molecule has 0 aliphatic heterocycles. The van der Waals surface area contributed by atoms with Crippen LogP contribution in [0.2, 0.25) is 0 Å². The monoisotopic (exact) mass is 933 g/mol. The predicted octanol–water partition coefficient (Wildman–Crippen LogP) is 16.9. The molecule has 0 bridgehead atoms. The third-order valence-electron chi connectivity index (χ3n) is 12.2. The average molecular weight is 934 g/mol. The molecule has 0 saturated carbocycles. The Morgan fingerprint density at radius 3 is 1.01 bits per heavy atom. The number of benzene rings is 10. The van der Waals surface area contributed by atoms with Gasteiger partial charge in [-0.05, 0) is 161 Å². The van der Waals surface area contributed by atoms with E-state index < -0.39 is 0 Å². The minimum absolute atomic E-state index is 0.828. The maximum absolute atomic E-state index is 4.62. The Labute approximate surface area is 425 Å². The van der Waals surface area contributed by atoms with Gasteiger partial charge in [0.1, 0.15) is 0 Å². The van der Waals surface area contributed by atoms with Crippen LogP contribution in [0.1, 0.15) is 50.1 Å². The lowest BCUT2D eigenvalue weighted by Gasteiger charge is -2.10. The van der Waals surface area contributed by atoms with E-state index in [9.17, 15) is 0 Å². The summed E-state index contributed by atoms with van der Waals surface area (Å²) in [5.74, 6) is 0. The highest BCUT2D eigenvalue weighted by Gasteiger charge is 2.03. The first-order valence-electron chi connectivity index (χ1n) is 24.7. The van der Waals surface area contributed by atoms with E-state index in [0.717, 1.165) is 83.2 Å². The zero-order chi connectivity index (χ0) is 48.8. The Hall–Kier alpha value is -9.06. The van der Waals surface area contributed by atoms with Crippen molar-refractivity contribution in [3.63, 3.8) is 0 Å². The van der Waals surface area contributed by atoms with Crippen LogP contribution in [0.4, 0.5) is 39.8 Å². The Balaban J connectivity index is 0.000000178. The molecule has 0 atom stereocenters. The summed E-state index contributed by atoms with van der Waals surface area (Å²) in [5, 5.41) is 10.4. The molecule has 10 rings (SSSR count). The van der Waals surface area contributed by atoms with E-state index in [2.05, 4.69) is 214 Å². The zero-order valence-electron chi connectivity index (χ0n) is 40.5. The van der Waals surface area contributed by atoms with Crippen molar-refractivity contribution in [2.45, 2.75) is 32.2 Å². The Morgan fingerprint density at radius 2 is 0.569 bits per heavy atom. The van der Waals surface area contributed by atoms with Gasteiger partial charge in [-0.15, -0.1) is 0 Å². The number of rotatable bonds is 18. The molecular formula is C67H59N5. The fourth-order valence-corrected chi connectivity index (χ4v) is 8.15. The molecule has 0 unspecified atom stereocenters. The lowest BCUT2D eigenvalue weighted by atomic mass is 10.0. The van der Waals surface area contributed by atoms with E-state index in [1.54, 1.807) is 0 Å².